The van der Waals surface area contributed by atoms with Crippen LogP contribution < -0.4 is 10.4 Å². The fraction of sp³-hybridized carbons (Fsp3) is 0.289. The number of aliphatic hydroxyl groups excluding tert-OH is 1. The molecule has 284 valence electrons. The maximum atomic E-state index is 15.1. The van der Waals surface area contributed by atoms with E-state index in [1.54, 1.807) is 36.4 Å². The van der Waals surface area contributed by atoms with E-state index in [0.717, 1.165) is 33.2 Å². The summed E-state index contributed by atoms with van der Waals surface area (Å²) in [6.07, 6.45) is -3.19. The van der Waals surface area contributed by atoms with Crippen LogP contribution >= 0.6 is 23.2 Å². The Hall–Kier alpha value is -5.25. The van der Waals surface area contributed by atoms with E-state index in [1.165, 1.54) is 25.2 Å². The highest BCUT2D eigenvalue weighted by Gasteiger charge is 2.71. The van der Waals surface area contributed by atoms with Crippen LogP contribution in [-0.2, 0) is 37.4 Å². The van der Waals surface area contributed by atoms with Crippen molar-refractivity contribution < 1.29 is 46.3 Å². The molecule has 2 aliphatic heterocycles. The number of alkyl halides is 3. The molecule has 2 aromatic carbocycles. The lowest BCUT2D eigenvalue weighted by atomic mass is 9.50. The number of amides is 4. The molecule has 2 N–H and O–H groups in total. The van der Waals surface area contributed by atoms with Crippen LogP contribution in [-0.4, -0.2) is 50.8 Å². The molecule has 4 aliphatic rings. The van der Waals surface area contributed by atoms with E-state index in [9.17, 15) is 37.1 Å². The van der Waals surface area contributed by atoms with Crippen molar-refractivity contribution in [3.05, 3.63) is 123 Å². The fourth-order valence-corrected chi connectivity index (χ4v) is 9.14. The highest BCUT2D eigenvalue weighted by molar-refractivity contribution is 6.33. The molecule has 1 saturated carbocycles. The van der Waals surface area contributed by atoms with Crippen LogP contribution in [0.15, 0.2) is 88.9 Å². The first-order chi connectivity index (χ1) is 26.2. The number of halogens is 6. The topological polar surface area (TPSA) is 136 Å². The number of aliphatic hydroxyl groups is 1. The first-order valence-corrected chi connectivity index (χ1v) is 17.8. The Morgan fingerprint density at radius 3 is 2.31 bits per heavy atom. The predicted octanol–water partition coefficient (Wildman–Crippen LogP) is 6.67. The van der Waals surface area contributed by atoms with E-state index in [0.29, 0.717) is 22.2 Å². The Morgan fingerprint density at radius 1 is 0.945 bits per heavy atom. The van der Waals surface area contributed by atoms with E-state index in [-0.39, 0.29) is 35.1 Å². The average molecular weight is 799 g/mol. The van der Waals surface area contributed by atoms with E-state index >= 15 is 4.79 Å². The maximum absolute atomic E-state index is 15.1. The van der Waals surface area contributed by atoms with E-state index in [2.05, 4.69) is 10.4 Å². The number of pyridine rings is 1. The SMILES string of the molecule is CN(c1nc(C(F)(F)F)ccc1Cl)N1C(=O)C2CC=C3C(CC4C(=O)N(Nc5ccc(F)cc5)C(=O)C4(c4ccc(Cl)cc4)C3c3ccc(CO)o3)C2C1=O. The zero-order valence-electron chi connectivity index (χ0n) is 28.6. The first-order valence-electron chi connectivity index (χ1n) is 17.1. The molecule has 6 unspecified atom stereocenters. The summed E-state index contributed by atoms with van der Waals surface area (Å²) in [6.45, 7) is -0.483. The molecule has 2 aliphatic carbocycles. The molecule has 2 aromatic heterocycles. The van der Waals surface area contributed by atoms with Crippen molar-refractivity contribution in [2.75, 3.05) is 17.5 Å². The van der Waals surface area contributed by atoms with E-state index in [4.69, 9.17) is 27.6 Å². The molecule has 17 heteroatoms. The maximum Gasteiger partial charge on any atom is 0.433 e. The quantitative estimate of drug-likeness (QED) is 0.119. The van der Waals surface area contributed by atoms with Crippen LogP contribution in [0.3, 0.4) is 0 Å². The third-order valence-electron chi connectivity index (χ3n) is 11.1. The number of carbonyl (C=O) groups excluding carboxylic acids is 4. The average Bonchev–Trinajstić information content (AvgIpc) is 3.79. The number of benzene rings is 2. The van der Waals surface area contributed by atoms with Crippen molar-refractivity contribution in [3.8, 4) is 0 Å². The summed E-state index contributed by atoms with van der Waals surface area (Å²) >= 11 is 12.6. The van der Waals surface area contributed by atoms with Gasteiger partial charge in [-0.1, -0.05) is 47.0 Å². The Morgan fingerprint density at radius 2 is 1.65 bits per heavy atom. The summed E-state index contributed by atoms with van der Waals surface area (Å²) < 4.78 is 60.9. The number of aromatic nitrogens is 1. The minimum absolute atomic E-state index is 0.000274. The van der Waals surface area contributed by atoms with E-state index < -0.39 is 88.7 Å². The number of carbonyl (C=O) groups is 4. The van der Waals surface area contributed by atoms with Gasteiger partial charge in [-0.25, -0.2) is 9.37 Å². The van der Waals surface area contributed by atoms with E-state index in [1.807, 2.05) is 0 Å². The van der Waals surface area contributed by atoms with Gasteiger partial charge in [0.25, 0.3) is 23.6 Å². The normalized spacial score (nSPS) is 26.2. The number of hydrogen-bond donors (Lipinski definition) is 2. The van der Waals surface area contributed by atoms with Crippen LogP contribution in [0.5, 0.6) is 0 Å². The highest BCUT2D eigenvalue weighted by atomic mass is 35.5. The standard InChI is InChI=1S/C38H29Cl2F4N5O6/c1-47(32-27(40)13-15-29(45-32)38(42,43)44)49-33(51)24-12-11-23-25(30(24)35(49)53)16-26-34(52)48(46-21-8-6-20(41)7-9-21)36(54)37(26,18-2-4-19(39)5-3-18)31(23)28-14-10-22(17-50)55-28/h2-11,13-15,24-26,30-31,46,50H,12,16-17H2,1H3. The van der Waals surface area contributed by atoms with Gasteiger partial charge in [0.05, 0.1) is 34.4 Å². The molecular weight excluding hydrogens is 769 g/mol. The van der Waals surface area contributed by atoms with Gasteiger partial charge >= 0.3 is 6.18 Å². The van der Waals surface area contributed by atoms with Gasteiger partial charge in [-0.15, -0.1) is 0 Å². The molecule has 2 saturated heterocycles. The number of hydrogen-bond acceptors (Lipinski definition) is 9. The number of allylic oxidation sites excluding steroid dienone is 2. The molecule has 4 heterocycles. The predicted molar refractivity (Wildman–Crippen MR) is 188 cm³/mol. The lowest BCUT2D eigenvalue weighted by Crippen LogP contribution is -2.53. The molecule has 55 heavy (non-hydrogen) atoms. The lowest BCUT2D eigenvalue weighted by Gasteiger charge is -2.49. The van der Waals surface area contributed by atoms with Crippen LogP contribution in [0, 0.1) is 29.5 Å². The van der Waals surface area contributed by atoms with Gasteiger partial charge < -0.3 is 9.52 Å². The van der Waals surface area contributed by atoms with Crippen molar-refractivity contribution >= 4 is 58.3 Å². The summed E-state index contributed by atoms with van der Waals surface area (Å²) in [5.74, 6) is -8.65. The van der Waals surface area contributed by atoms with Crippen LogP contribution in [0.4, 0.5) is 29.1 Å². The number of furan rings is 1. The molecule has 0 radical (unpaired) electrons. The minimum atomic E-state index is -4.84. The molecule has 0 spiro atoms. The first kappa shape index (κ1) is 36.7. The second kappa shape index (κ2) is 13.2. The Labute approximate surface area is 320 Å². The van der Waals surface area contributed by atoms with Crippen molar-refractivity contribution in [1.29, 1.82) is 0 Å². The summed E-state index contributed by atoms with van der Waals surface area (Å²) in [4.78, 5) is 62.1. The summed E-state index contributed by atoms with van der Waals surface area (Å²) in [7, 11) is 1.21. The second-order valence-corrected chi connectivity index (χ2v) is 14.7. The van der Waals surface area contributed by atoms with Gasteiger partial charge in [-0.05, 0) is 85.0 Å². The number of anilines is 2. The second-order valence-electron chi connectivity index (χ2n) is 13.8. The zero-order valence-corrected chi connectivity index (χ0v) is 30.1. The Kier molecular flexibility index (Phi) is 8.81. The molecule has 4 amide bonds. The summed E-state index contributed by atoms with van der Waals surface area (Å²) in [5.41, 5.74) is 1.00. The smallest absolute Gasteiger partial charge is 0.433 e. The van der Waals surface area contributed by atoms with Crippen LogP contribution in [0.25, 0.3) is 0 Å². The van der Waals surface area contributed by atoms with Gasteiger partial charge in [0.2, 0.25) is 0 Å². The fourth-order valence-electron chi connectivity index (χ4n) is 8.79. The largest absolute Gasteiger partial charge is 0.463 e. The van der Waals surface area contributed by atoms with Crippen LogP contribution in [0.1, 0.15) is 41.5 Å². The number of nitrogens with one attached hydrogen (secondary N) is 1. The highest BCUT2D eigenvalue weighted by Crippen LogP contribution is 2.64. The number of imide groups is 2. The molecular formula is C38H29Cl2F4N5O6. The molecule has 0 bridgehead atoms. The monoisotopic (exact) mass is 797 g/mol. The van der Waals surface area contributed by atoms with Gasteiger partial charge in [0.15, 0.2) is 5.82 Å². The number of hydrazine groups is 2. The lowest BCUT2D eigenvalue weighted by molar-refractivity contribution is -0.142. The summed E-state index contributed by atoms with van der Waals surface area (Å²) in [6, 6.07) is 16.2. The van der Waals surface area contributed by atoms with Gasteiger partial charge in [0.1, 0.15) is 35.1 Å². The number of rotatable bonds is 7. The van der Waals surface area contributed by atoms with Crippen molar-refractivity contribution in [2.45, 2.75) is 37.0 Å². The van der Waals surface area contributed by atoms with Gasteiger partial charge in [-0.2, -0.15) is 23.2 Å². The Bertz CT molecular complexity index is 2280. The minimum Gasteiger partial charge on any atom is -0.463 e. The third kappa shape index (κ3) is 5.62. The Balaban J connectivity index is 1.26. The van der Waals surface area contributed by atoms with Gasteiger partial charge in [0, 0.05) is 12.1 Å². The molecule has 6 atom stereocenters. The molecule has 3 fully saturated rings. The zero-order chi connectivity index (χ0) is 39.1. The van der Waals surface area contributed by atoms with Crippen LogP contribution in [0.2, 0.25) is 10.0 Å². The number of nitrogens with zero attached hydrogens (tertiary/aromatic N) is 4. The van der Waals surface area contributed by atoms with Crippen molar-refractivity contribution in [2.24, 2.45) is 23.7 Å². The third-order valence-corrected chi connectivity index (χ3v) is 11.6. The van der Waals surface area contributed by atoms with Crippen molar-refractivity contribution in [1.82, 2.24) is 15.0 Å². The molecule has 4 aromatic rings. The number of fused-ring (bicyclic) bond motifs is 4. The molecule has 8 rings (SSSR count). The van der Waals surface area contributed by atoms with Crippen molar-refractivity contribution in [3.63, 3.8) is 0 Å². The van der Waals surface area contributed by atoms with Gasteiger partial charge in [-0.3, -0.25) is 29.6 Å². The summed E-state index contributed by atoms with van der Waals surface area (Å²) in [5, 5.41) is 12.6. The molecule has 11 nitrogen and oxygen atoms in total.